The Morgan fingerprint density at radius 2 is 2.16 bits per heavy atom. The Bertz CT molecular complexity index is 461. The number of nitrogens with zero attached hydrogens (tertiary/aromatic N) is 1. The van der Waals surface area contributed by atoms with E-state index in [0.717, 1.165) is 28.6 Å². The fourth-order valence-corrected chi connectivity index (χ4v) is 3.69. The molecule has 2 aliphatic rings. The molecule has 2 unspecified atom stereocenters. The highest BCUT2D eigenvalue weighted by molar-refractivity contribution is 9.10. The first-order valence-electron chi connectivity index (χ1n) is 7.03. The van der Waals surface area contributed by atoms with Crippen LogP contribution in [0.4, 0.5) is 0 Å². The summed E-state index contributed by atoms with van der Waals surface area (Å²) in [6, 6.07) is 7.41. The Labute approximate surface area is 128 Å². The molecule has 1 aliphatic carbocycles. The summed E-state index contributed by atoms with van der Waals surface area (Å²) < 4.78 is 1.11. The lowest BCUT2D eigenvalue weighted by atomic mass is 9.93. The summed E-state index contributed by atoms with van der Waals surface area (Å²) in [5, 5.41) is 4.56. The first kappa shape index (κ1) is 13.9. The molecule has 19 heavy (non-hydrogen) atoms. The van der Waals surface area contributed by atoms with Gasteiger partial charge >= 0.3 is 0 Å². The highest BCUT2D eigenvalue weighted by Gasteiger charge is 2.35. The molecule has 0 aromatic heterocycles. The molecule has 0 radical (unpaired) electrons. The minimum absolute atomic E-state index is 0.441. The average molecular weight is 344 g/mol. The second-order valence-electron chi connectivity index (χ2n) is 5.82. The number of hydrogen-bond acceptors (Lipinski definition) is 2. The molecule has 1 aromatic carbocycles. The number of likely N-dealkylation sites (tertiary alicyclic amines) is 1. The zero-order valence-corrected chi connectivity index (χ0v) is 13.5. The van der Waals surface area contributed by atoms with Crippen LogP contribution in [0.5, 0.6) is 0 Å². The van der Waals surface area contributed by atoms with Crippen molar-refractivity contribution in [3.63, 3.8) is 0 Å². The van der Waals surface area contributed by atoms with Crippen LogP contribution in [0.2, 0.25) is 5.02 Å². The topological polar surface area (TPSA) is 15.3 Å². The van der Waals surface area contributed by atoms with E-state index >= 15 is 0 Å². The van der Waals surface area contributed by atoms with Gasteiger partial charge in [0.1, 0.15) is 0 Å². The van der Waals surface area contributed by atoms with Gasteiger partial charge in [-0.1, -0.05) is 27.5 Å². The molecule has 2 fully saturated rings. The maximum atomic E-state index is 6.41. The summed E-state index contributed by atoms with van der Waals surface area (Å²) in [6.45, 7) is 2.27. The van der Waals surface area contributed by atoms with Crippen LogP contribution >= 0.6 is 27.5 Å². The zero-order valence-electron chi connectivity index (χ0n) is 11.2. The van der Waals surface area contributed by atoms with E-state index in [9.17, 15) is 0 Å². The van der Waals surface area contributed by atoms with Gasteiger partial charge in [-0.3, -0.25) is 4.90 Å². The van der Waals surface area contributed by atoms with Crippen molar-refractivity contribution in [2.24, 2.45) is 5.92 Å². The monoisotopic (exact) mass is 342 g/mol. The molecule has 4 heteroatoms. The molecule has 1 N–H and O–H groups in total. The summed E-state index contributed by atoms with van der Waals surface area (Å²) in [5.74, 6) is 0.664. The number of nitrogens with one attached hydrogen (secondary N) is 1. The van der Waals surface area contributed by atoms with E-state index in [4.69, 9.17) is 11.6 Å². The van der Waals surface area contributed by atoms with Crippen LogP contribution in [0, 0.1) is 5.92 Å². The van der Waals surface area contributed by atoms with E-state index in [-0.39, 0.29) is 0 Å². The molecule has 0 spiro atoms. The number of hydrogen-bond donors (Lipinski definition) is 1. The molecular formula is C15H20BrClN2. The van der Waals surface area contributed by atoms with Crippen LogP contribution in [0.15, 0.2) is 22.7 Å². The Morgan fingerprint density at radius 1 is 1.37 bits per heavy atom. The van der Waals surface area contributed by atoms with Gasteiger partial charge in [-0.15, -0.1) is 0 Å². The minimum Gasteiger partial charge on any atom is -0.314 e. The molecule has 0 amide bonds. The first-order valence-corrected chi connectivity index (χ1v) is 8.21. The third-order valence-corrected chi connectivity index (χ3v) is 5.13. The number of benzene rings is 1. The van der Waals surface area contributed by atoms with Crippen molar-refractivity contribution in [3.05, 3.63) is 33.3 Å². The van der Waals surface area contributed by atoms with Crippen molar-refractivity contribution in [1.29, 1.82) is 0 Å². The summed E-state index contributed by atoms with van der Waals surface area (Å²) >= 11 is 9.98. The maximum absolute atomic E-state index is 6.41. The Balaban J connectivity index is 1.79. The van der Waals surface area contributed by atoms with Crippen LogP contribution in [-0.4, -0.2) is 31.1 Å². The average Bonchev–Trinajstić information content (AvgIpc) is 3.14. The van der Waals surface area contributed by atoms with Crippen LogP contribution in [0.25, 0.3) is 0 Å². The van der Waals surface area contributed by atoms with E-state index in [1.165, 1.54) is 24.8 Å². The van der Waals surface area contributed by atoms with E-state index < -0.39 is 0 Å². The van der Waals surface area contributed by atoms with Gasteiger partial charge in [0.2, 0.25) is 0 Å². The second-order valence-corrected chi connectivity index (χ2v) is 7.15. The van der Waals surface area contributed by atoms with Crippen LogP contribution in [0.3, 0.4) is 0 Å². The Kier molecular flexibility index (Phi) is 4.18. The third kappa shape index (κ3) is 3.15. The van der Waals surface area contributed by atoms with Gasteiger partial charge in [0, 0.05) is 28.1 Å². The fourth-order valence-electron chi connectivity index (χ4n) is 3.08. The number of halogens is 2. The summed E-state index contributed by atoms with van der Waals surface area (Å²) in [7, 11) is 2.21. The molecule has 2 atom stereocenters. The first-order chi connectivity index (χ1) is 9.15. The lowest BCUT2D eigenvalue weighted by molar-refractivity contribution is 0.272. The van der Waals surface area contributed by atoms with Gasteiger partial charge in [-0.25, -0.2) is 0 Å². The van der Waals surface area contributed by atoms with Gasteiger partial charge in [-0.05, 0) is 62.5 Å². The van der Waals surface area contributed by atoms with Crippen molar-refractivity contribution in [3.8, 4) is 0 Å². The van der Waals surface area contributed by atoms with E-state index in [1.807, 2.05) is 12.1 Å². The quantitative estimate of drug-likeness (QED) is 0.893. The fraction of sp³-hybridized carbons (Fsp3) is 0.600. The molecule has 2 nitrogen and oxygen atoms in total. The predicted molar refractivity (Wildman–Crippen MR) is 83.7 cm³/mol. The minimum atomic E-state index is 0.441. The predicted octanol–water partition coefficient (Wildman–Crippen LogP) is 3.85. The van der Waals surface area contributed by atoms with Crippen LogP contribution in [0.1, 0.15) is 30.9 Å². The molecule has 3 rings (SSSR count). The summed E-state index contributed by atoms with van der Waals surface area (Å²) in [5.41, 5.74) is 1.26. The maximum Gasteiger partial charge on any atom is 0.0454 e. The van der Waals surface area contributed by atoms with Crippen LogP contribution < -0.4 is 5.32 Å². The largest absolute Gasteiger partial charge is 0.314 e. The molecule has 104 valence electrons. The van der Waals surface area contributed by atoms with Gasteiger partial charge < -0.3 is 5.32 Å². The molecule has 1 saturated heterocycles. The van der Waals surface area contributed by atoms with Gasteiger partial charge in [-0.2, -0.15) is 0 Å². The van der Waals surface area contributed by atoms with Crippen molar-refractivity contribution in [1.82, 2.24) is 10.2 Å². The second kappa shape index (κ2) is 5.72. The molecular weight excluding hydrogens is 324 g/mol. The van der Waals surface area contributed by atoms with Crippen LogP contribution in [-0.2, 0) is 0 Å². The molecule has 0 bridgehead atoms. The lowest BCUT2D eigenvalue weighted by Gasteiger charge is -2.27. The summed E-state index contributed by atoms with van der Waals surface area (Å²) in [4.78, 5) is 2.44. The highest BCUT2D eigenvalue weighted by atomic mass is 79.9. The Hall–Kier alpha value is -0.0900. The summed E-state index contributed by atoms with van der Waals surface area (Å²) in [6.07, 6.45) is 3.96. The zero-order chi connectivity index (χ0) is 13.4. The Morgan fingerprint density at radius 3 is 2.89 bits per heavy atom. The van der Waals surface area contributed by atoms with Gasteiger partial charge in [0.25, 0.3) is 0 Å². The standard InChI is InChI=1S/C15H20BrClN2/c1-19-7-6-10(9-18-12-3-4-12)15(19)13-8-11(16)2-5-14(13)17/h2,5,8,10,12,15,18H,3-4,6-7,9H2,1H3. The molecule has 1 saturated carbocycles. The van der Waals surface area contributed by atoms with E-state index in [1.54, 1.807) is 0 Å². The van der Waals surface area contributed by atoms with Crippen molar-refractivity contribution in [2.75, 3.05) is 20.1 Å². The third-order valence-electron chi connectivity index (χ3n) is 4.30. The number of rotatable bonds is 4. The molecule has 1 heterocycles. The molecule has 1 aliphatic heterocycles. The van der Waals surface area contributed by atoms with E-state index in [2.05, 4.69) is 39.3 Å². The van der Waals surface area contributed by atoms with Gasteiger partial charge in [0.05, 0.1) is 0 Å². The van der Waals surface area contributed by atoms with E-state index in [0.29, 0.717) is 12.0 Å². The molecule has 1 aromatic rings. The smallest absolute Gasteiger partial charge is 0.0454 e. The SMILES string of the molecule is CN1CCC(CNC2CC2)C1c1cc(Br)ccc1Cl. The van der Waals surface area contributed by atoms with Gasteiger partial charge in [0.15, 0.2) is 0 Å². The van der Waals surface area contributed by atoms with Crippen molar-refractivity contribution in [2.45, 2.75) is 31.3 Å². The van der Waals surface area contributed by atoms with Crippen molar-refractivity contribution >= 4 is 27.5 Å². The highest BCUT2D eigenvalue weighted by Crippen LogP contribution is 2.40. The lowest BCUT2D eigenvalue weighted by Crippen LogP contribution is -2.29. The normalized spacial score (nSPS) is 27.9. The van der Waals surface area contributed by atoms with Crippen molar-refractivity contribution < 1.29 is 0 Å².